The van der Waals surface area contributed by atoms with E-state index >= 15 is 0 Å². The van der Waals surface area contributed by atoms with Crippen LogP contribution in [0.3, 0.4) is 0 Å². The van der Waals surface area contributed by atoms with Gasteiger partial charge in [-0.25, -0.2) is 0 Å². The summed E-state index contributed by atoms with van der Waals surface area (Å²) >= 11 is 0. The van der Waals surface area contributed by atoms with Crippen molar-refractivity contribution < 1.29 is 13.8 Å². The van der Waals surface area contributed by atoms with Crippen LogP contribution in [0.15, 0.2) is 0 Å². The van der Waals surface area contributed by atoms with Gasteiger partial charge in [-0.1, -0.05) is 6.92 Å². The van der Waals surface area contributed by atoms with Crippen molar-refractivity contribution in [3.05, 3.63) is 0 Å². The molecule has 1 saturated heterocycles. The first-order valence-corrected chi connectivity index (χ1v) is 6.26. The van der Waals surface area contributed by atoms with Gasteiger partial charge in [0.05, 0.1) is 0 Å². The predicted molar refractivity (Wildman–Crippen MR) is 54.4 cm³/mol. The molecule has 1 heterocycles. The second-order valence-corrected chi connectivity index (χ2v) is 5.04. The van der Waals surface area contributed by atoms with Gasteiger partial charge in [0.2, 0.25) is 5.91 Å². The number of hydrogen-bond donors (Lipinski definition) is 0. The van der Waals surface area contributed by atoms with Crippen LogP contribution in [0.4, 0.5) is 0 Å². The first-order valence-electron chi connectivity index (χ1n) is 4.78. The van der Waals surface area contributed by atoms with Crippen molar-refractivity contribution in [2.75, 3.05) is 24.6 Å². The molecular formula is C9H15NO3S. The molecule has 0 aliphatic carbocycles. The Kier molecular flexibility index (Phi) is 4.25. The summed E-state index contributed by atoms with van der Waals surface area (Å²) in [6.07, 6.45) is 0.898. The number of nitrogens with zero attached hydrogens (tertiary/aromatic N) is 1. The van der Waals surface area contributed by atoms with Crippen molar-refractivity contribution in [1.82, 2.24) is 4.90 Å². The number of rotatable bonds is 3. The molecule has 1 fully saturated rings. The standard InChI is InChI=1S/C9H15NO3S/c1-2-14(13)7-9(12)10-5-3-8(11)4-6-10/h2-7H2,1H3. The number of carbonyl (C=O) groups excluding carboxylic acids is 2. The maximum atomic E-state index is 11.5. The highest BCUT2D eigenvalue weighted by atomic mass is 32.2. The highest BCUT2D eigenvalue weighted by Gasteiger charge is 2.21. The van der Waals surface area contributed by atoms with Gasteiger partial charge in [-0.15, -0.1) is 0 Å². The van der Waals surface area contributed by atoms with Crippen molar-refractivity contribution in [1.29, 1.82) is 0 Å². The van der Waals surface area contributed by atoms with Gasteiger partial charge in [0.15, 0.2) is 0 Å². The van der Waals surface area contributed by atoms with Gasteiger partial charge in [0.25, 0.3) is 0 Å². The van der Waals surface area contributed by atoms with E-state index < -0.39 is 10.8 Å². The van der Waals surface area contributed by atoms with E-state index in [2.05, 4.69) is 0 Å². The van der Waals surface area contributed by atoms with Gasteiger partial charge in [0, 0.05) is 42.5 Å². The summed E-state index contributed by atoms with van der Waals surface area (Å²) in [6.45, 7) is 2.79. The second-order valence-electron chi connectivity index (χ2n) is 3.29. The lowest BCUT2D eigenvalue weighted by atomic mass is 10.1. The SMILES string of the molecule is CCS(=O)CC(=O)N1CCC(=O)CC1. The van der Waals surface area contributed by atoms with E-state index in [1.54, 1.807) is 11.8 Å². The van der Waals surface area contributed by atoms with Gasteiger partial charge in [0.1, 0.15) is 11.5 Å². The zero-order valence-corrected chi connectivity index (χ0v) is 9.14. The molecule has 0 aromatic heterocycles. The second kappa shape index (κ2) is 5.24. The van der Waals surface area contributed by atoms with Crippen LogP contribution in [0.2, 0.25) is 0 Å². The molecule has 0 radical (unpaired) electrons. The molecule has 14 heavy (non-hydrogen) atoms. The zero-order chi connectivity index (χ0) is 10.6. The van der Waals surface area contributed by atoms with Crippen molar-refractivity contribution in [3.8, 4) is 0 Å². The van der Waals surface area contributed by atoms with Crippen LogP contribution in [0.1, 0.15) is 19.8 Å². The summed E-state index contributed by atoms with van der Waals surface area (Å²) in [5.41, 5.74) is 0. The van der Waals surface area contributed by atoms with Crippen LogP contribution >= 0.6 is 0 Å². The Morgan fingerprint density at radius 1 is 1.43 bits per heavy atom. The van der Waals surface area contributed by atoms with Crippen LogP contribution in [0.5, 0.6) is 0 Å². The molecule has 5 heteroatoms. The third-order valence-corrected chi connectivity index (χ3v) is 3.49. The summed E-state index contributed by atoms with van der Waals surface area (Å²) in [6, 6.07) is 0. The highest BCUT2D eigenvalue weighted by molar-refractivity contribution is 7.85. The van der Waals surface area contributed by atoms with Gasteiger partial charge < -0.3 is 4.90 Å². The molecular weight excluding hydrogens is 202 g/mol. The maximum Gasteiger partial charge on any atom is 0.235 e. The van der Waals surface area contributed by atoms with E-state index in [1.165, 1.54) is 0 Å². The molecule has 0 saturated carbocycles. The lowest BCUT2D eigenvalue weighted by Gasteiger charge is -2.25. The molecule has 0 N–H and O–H groups in total. The maximum absolute atomic E-state index is 11.5. The first-order chi connectivity index (χ1) is 6.63. The normalized spacial score (nSPS) is 19.5. The van der Waals surface area contributed by atoms with E-state index in [1.807, 2.05) is 0 Å². The monoisotopic (exact) mass is 217 g/mol. The zero-order valence-electron chi connectivity index (χ0n) is 8.32. The Labute approximate surface area is 86.1 Å². The lowest BCUT2D eigenvalue weighted by Crippen LogP contribution is -2.40. The fourth-order valence-corrected chi connectivity index (χ4v) is 2.00. The van der Waals surface area contributed by atoms with E-state index in [0.717, 1.165) is 0 Å². The summed E-state index contributed by atoms with van der Waals surface area (Å²) in [7, 11) is -1.04. The van der Waals surface area contributed by atoms with Gasteiger partial charge >= 0.3 is 0 Å². The van der Waals surface area contributed by atoms with Crippen molar-refractivity contribution in [3.63, 3.8) is 0 Å². The van der Waals surface area contributed by atoms with E-state index in [9.17, 15) is 13.8 Å². The molecule has 1 aliphatic heterocycles. The number of amides is 1. The minimum Gasteiger partial charge on any atom is -0.341 e. The number of likely N-dealkylation sites (tertiary alicyclic amines) is 1. The number of Topliss-reactive ketones (excluding diaryl/α,β-unsaturated/α-hetero) is 1. The van der Waals surface area contributed by atoms with Crippen molar-refractivity contribution in [2.24, 2.45) is 0 Å². The van der Waals surface area contributed by atoms with Crippen LogP contribution in [-0.4, -0.2) is 45.4 Å². The van der Waals surface area contributed by atoms with Gasteiger partial charge in [-0.05, 0) is 0 Å². The van der Waals surface area contributed by atoms with Gasteiger partial charge in [-0.3, -0.25) is 13.8 Å². The molecule has 0 bridgehead atoms. The lowest BCUT2D eigenvalue weighted by molar-refractivity contribution is -0.132. The number of piperidine rings is 1. The molecule has 1 atom stereocenters. The van der Waals surface area contributed by atoms with E-state index in [0.29, 0.717) is 31.7 Å². The first kappa shape index (κ1) is 11.4. The average Bonchev–Trinajstić information content (AvgIpc) is 2.18. The Morgan fingerprint density at radius 3 is 2.50 bits per heavy atom. The van der Waals surface area contributed by atoms with Crippen LogP contribution in [0.25, 0.3) is 0 Å². The van der Waals surface area contributed by atoms with Gasteiger partial charge in [-0.2, -0.15) is 0 Å². The number of ketones is 1. The minimum absolute atomic E-state index is 0.0855. The summed E-state index contributed by atoms with van der Waals surface area (Å²) in [4.78, 5) is 24.0. The summed E-state index contributed by atoms with van der Waals surface area (Å²) < 4.78 is 11.1. The smallest absolute Gasteiger partial charge is 0.235 e. The Hall–Kier alpha value is -0.710. The van der Waals surface area contributed by atoms with E-state index in [-0.39, 0.29) is 17.4 Å². The van der Waals surface area contributed by atoms with Crippen LogP contribution < -0.4 is 0 Å². The third-order valence-electron chi connectivity index (χ3n) is 2.28. The number of carbonyl (C=O) groups is 2. The van der Waals surface area contributed by atoms with Crippen LogP contribution in [0, 0.1) is 0 Å². The topological polar surface area (TPSA) is 54.5 Å². The Morgan fingerprint density at radius 2 is 2.00 bits per heavy atom. The average molecular weight is 217 g/mol. The Bertz CT molecular complexity index is 255. The predicted octanol–water partition coefficient (Wildman–Crippen LogP) is -0.0535. The van der Waals surface area contributed by atoms with Crippen molar-refractivity contribution in [2.45, 2.75) is 19.8 Å². The minimum atomic E-state index is -1.04. The molecule has 1 unspecified atom stereocenters. The molecule has 1 amide bonds. The summed E-state index contributed by atoms with van der Waals surface area (Å²) in [5.74, 6) is 0.742. The Balaban J connectivity index is 2.38. The molecule has 0 aromatic rings. The molecule has 4 nitrogen and oxygen atoms in total. The fraction of sp³-hybridized carbons (Fsp3) is 0.778. The third kappa shape index (κ3) is 3.21. The molecule has 1 aliphatic rings. The van der Waals surface area contributed by atoms with E-state index in [4.69, 9.17) is 0 Å². The molecule has 0 spiro atoms. The molecule has 0 aromatic carbocycles. The molecule has 1 rings (SSSR count). The summed E-state index contributed by atoms with van der Waals surface area (Å²) in [5, 5.41) is 0. The highest BCUT2D eigenvalue weighted by Crippen LogP contribution is 2.06. The fourth-order valence-electron chi connectivity index (χ4n) is 1.34. The van der Waals surface area contributed by atoms with Crippen LogP contribution in [-0.2, 0) is 20.4 Å². The van der Waals surface area contributed by atoms with Crippen molar-refractivity contribution >= 4 is 22.5 Å². The number of hydrogen-bond acceptors (Lipinski definition) is 3. The quantitative estimate of drug-likeness (QED) is 0.666. The molecule has 80 valence electrons. The largest absolute Gasteiger partial charge is 0.341 e.